The molecule has 112 valence electrons. The molecule has 0 atom stereocenters. The number of hydrogen-bond acceptors (Lipinski definition) is 4. The van der Waals surface area contributed by atoms with Gasteiger partial charge < -0.3 is 9.30 Å². The maximum Gasteiger partial charge on any atom is 0.161 e. The van der Waals surface area contributed by atoms with E-state index in [0.29, 0.717) is 5.92 Å². The van der Waals surface area contributed by atoms with Gasteiger partial charge in [0.05, 0.1) is 0 Å². The van der Waals surface area contributed by atoms with Crippen molar-refractivity contribution in [2.45, 2.75) is 19.4 Å². The zero-order valence-corrected chi connectivity index (χ0v) is 12.4. The minimum Gasteiger partial charge on any atom is -0.381 e. The molecular formula is C17H18N4O. The van der Waals surface area contributed by atoms with Crippen LogP contribution in [-0.4, -0.2) is 32.7 Å². The van der Waals surface area contributed by atoms with Crippen LogP contribution >= 0.6 is 0 Å². The van der Waals surface area contributed by atoms with Crippen LogP contribution in [-0.2, 0) is 11.3 Å². The van der Waals surface area contributed by atoms with Crippen molar-refractivity contribution in [3.8, 4) is 11.5 Å². The summed E-state index contributed by atoms with van der Waals surface area (Å²) in [6.07, 6.45) is 5.82. The van der Waals surface area contributed by atoms with E-state index in [0.717, 1.165) is 55.3 Å². The number of nitrogens with zero attached hydrogens (tertiary/aromatic N) is 4. The van der Waals surface area contributed by atoms with E-state index in [-0.39, 0.29) is 0 Å². The molecule has 0 radical (unpaired) electrons. The van der Waals surface area contributed by atoms with E-state index in [1.54, 1.807) is 6.20 Å². The quantitative estimate of drug-likeness (QED) is 0.745. The molecule has 3 aromatic heterocycles. The van der Waals surface area contributed by atoms with Crippen molar-refractivity contribution < 1.29 is 4.74 Å². The van der Waals surface area contributed by atoms with Crippen molar-refractivity contribution in [3.05, 3.63) is 42.7 Å². The summed E-state index contributed by atoms with van der Waals surface area (Å²) in [6, 6.07) is 9.86. The molecule has 0 aliphatic carbocycles. The molecule has 0 spiro atoms. The van der Waals surface area contributed by atoms with Gasteiger partial charge in [0, 0.05) is 32.2 Å². The van der Waals surface area contributed by atoms with E-state index in [1.165, 1.54) is 0 Å². The number of imidazole rings is 1. The summed E-state index contributed by atoms with van der Waals surface area (Å²) in [6.45, 7) is 2.62. The summed E-state index contributed by atoms with van der Waals surface area (Å²) in [5.74, 6) is 1.51. The van der Waals surface area contributed by atoms with Gasteiger partial charge in [-0.05, 0) is 43.0 Å². The fraction of sp³-hybridized carbons (Fsp3) is 0.353. The average Bonchev–Trinajstić information content (AvgIpc) is 2.95. The number of pyridine rings is 2. The van der Waals surface area contributed by atoms with Crippen molar-refractivity contribution in [2.24, 2.45) is 5.92 Å². The van der Waals surface area contributed by atoms with Crippen molar-refractivity contribution in [3.63, 3.8) is 0 Å². The van der Waals surface area contributed by atoms with Crippen molar-refractivity contribution in [1.29, 1.82) is 0 Å². The fourth-order valence-corrected chi connectivity index (χ4v) is 3.01. The Balaban J connectivity index is 1.79. The summed E-state index contributed by atoms with van der Waals surface area (Å²) < 4.78 is 7.68. The van der Waals surface area contributed by atoms with Crippen LogP contribution in [0.2, 0.25) is 0 Å². The normalized spacial score (nSPS) is 16.2. The second kappa shape index (κ2) is 5.85. The van der Waals surface area contributed by atoms with Gasteiger partial charge in [0.2, 0.25) is 0 Å². The van der Waals surface area contributed by atoms with Crippen LogP contribution < -0.4 is 0 Å². The molecule has 3 aromatic rings. The zero-order valence-electron chi connectivity index (χ0n) is 12.4. The smallest absolute Gasteiger partial charge is 0.161 e. The molecule has 0 saturated carbocycles. The third kappa shape index (κ3) is 2.48. The Kier molecular flexibility index (Phi) is 3.56. The Morgan fingerprint density at radius 2 is 1.91 bits per heavy atom. The largest absolute Gasteiger partial charge is 0.381 e. The lowest BCUT2D eigenvalue weighted by atomic mass is 10.0. The number of rotatable bonds is 3. The van der Waals surface area contributed by atoms with E-state index in [9.17, 15) is 0 Å². The van der Waals surface area contributed by atoms with Crippen LogP contribution in [0, 0.1) is 5.92 Å². The first kappa shape index (κ1) is 13.4. The first-order chi connectivity index (χ1) is 10.9. The Morgan fingerprint density at radius 1 is 1.05 bits per heavy atom. The van der Waals surface area contributed by atoms with E-state index >= 15 is 0 Å². The molecule has 0 bridgehead atoms. The number of fused-ring (bicyclic) bond motifs is 1. The molecule has 0 aromatic carbocycles. The first-order valence-electron chi connectivity index (χ1n) is 7.72. The summed E-state index contributed by atoms with van der Waals surface area (Å²) in [5, 5.41) is 0. The van der Waals surface area contributed by atoms with Crippen LogP contribution in [0.1, 0.15) is 12.8 Å². The SMILES string of the molecule is c1ccc(-c2nc3cccnc3n2CC2CCOCC2)nc1. The highest BCUT2D eigenvalue weighted by molar-refractivity contribution is 5.76. The summed E-state index contributed by atoms with van der Waals surface area (Å²) >= 11 is 0. The minimum atomic E-state index is 0.607. The van der Waals surface area contributed by atoms with Crippen LogP contribution in [0.3, 0.4) is 0 Å². The lowest BCUT2D eigenvalue weighted by molar-refractivity contribution is 0.0617. The first-order valence-corrected chi connectivity index (χ1v) is 7.72. The Hall–Kier alpha value is -2.27. The van der Waals surface area contributed by atoms with E-state index in [4.69, 9.17) is 9.72 Å². The molecule has 0 N–H and O–H groups in total. The molecule has 1 saturated heterocycles. The highest BCUT2D eigenvalue weighted by Gasteiger charge is 2.20. The van der Waals surface area contributed by atoms with Gasteiger partial charge in [-0.25, -0.2) is 9.97 Å². The minimum absolute atomic E-state index is 0.607. The standard InChI is InChI=1S/C17H18N4O/c1-2-8-18-14(4-1)17-20-15-5-3-9-19-16(15)21(17)12-13-6-10-22-11-7-13/h1-5,8-9,13H,6-7,10-12H2. The monoisotopic (exact) mass is 294 g/mol. The summed E-state index contributed by atoms with van der Waals surface area (Å²) in [4.78, 5) is 13.8. The average molecular weight is 294 g/mol. The van der Waals surface area contributed by atoms with E-state index in [2.05, 4.69) is 14.5 Å². The molecule has 1 aliphatic heterocycles. The molecule has 22 heavy (non-hydrogen) atoms. The van der Waals surface area contributed by atoms with Gasteiger partial charge in [0.25, 0.3) is 0 Å². The van der Waals surface area contributed by atoms with E-state index in [1.807, 2.05) is 36.5 Å². The maximum absolute atomic E-state index is 5.47. The van der Waals surface area contributed by atoms with Gasteiger partial charge in [-0.15, -0.1) is 0 Å². The fourth-order valence-electron chi connectivity index (χ4n) is 3.01. The molecular weight excluding hydrogens is 276 g/mol. The zero-order chi connectivity index (χ0) is 14.8. The number of aromatic nitrogens is 4. The molecule has 1 fully saturated rings. The molecule has 4 heterocycles. The Bertz CT molecular complexity index is 763. The van der Waals surface area contributed by atoms with Gasteiger partial charge in [-0.2, -0.15) is 0 Å². The second-order valence-corrected chi connectivity index (χ2v) is 5.66. The third-order valence-electron chi connectivity index (χ3n) is 4.18. The number of ether oxygens (including phenoxy) is 1. The molecule has 0 amide bonds. The highest BCUT2D eigenvalue weighted by atomic mass is 16.5. The predicted octanol–water partition coefficient (Wildman–Crippen LogP) is 2.92. The maximum atomic E-state index is 5.47. The predicted molar refractivity (Wildman–Crippen MR) is 84.3 cm³/mol. The van der Waals surface area contributed by atoms with Crippen molar-refractivity contribution >= 4 is 11.2 Å². The lowest BCUT2D eigenvalue weighted by Crippen LogP contribution is -2.21. The highest BCUT2D eigenvalue weighted by Crippen LogP contribution is 2.25. The Labute approximate surface area is 129 Å². The molecule has 5 heteroatoms. The van der Waals surface area contributed by atoms with Crippen LogP contribution in [0.4, 0.5) is 0 Å². The molecule has 0 unspecified atom stereocenters. The van der Waals surface area contributed by atoms with Crippen LogP contribution in [0.25, 0.3) is 22.7 Å². The number of hydrogen-bond donors (Lipinski definition) is 0. The van der Waals surface area contributed by atoms with E-state index < -0.39 is 0 Å². The van der Waals surface area contributed by atoms with Crippen LogP contribution in [0.15, 0.2) is 42.7 Å². The summed E-state index contributed by atoms with van der Waals surface area (Å²) in [7, 11) is 0. The van der Waals surface area contributed by atoms with Crippen LogP contribution in [0.5, 0.6) is 0 Å². The Morgan fingerprint density at radius 3 is 2.73 bits per heavy atom. The van der Waals surface area contributed by atoms with Gasteiger partial charge in [0.15, 0.2) is 11.5 Å². The summed E-state index contributed by atoms with van der Waals surface area (Å²) in [5.41, 5.74) is 2.76. The molecule has 4 rings (SSSR count). The second-order valence-electron chi connectivity index (χ2n) is 5.66. The van der Waals surface area contributed by atoms with Gasteiger partial charge in [-0.1, -0.05) is 6.07 Å². The third-order valence-corrected chi connectivity index (χ3v) is 4.18. The lowest BCUT2D eigenvalue weighted by Gasteiger charge is -2.23. The molecule has 5 nitrogen and oxygen atoms in total. The van der Waals surface area contributed by atoms with Crippen molar-refractivity contribution in [1.82, 2.24) is 19.5 Å². The molecule has 1 aliphatic rings. The topological polar surface area (TPSA) is 52.8 Å². The van der Waals surface area contributed by atoms with Gasteiger partial charge >= 0.3 is 0 Å². The van der Waals surface area contributed by atoms with Gasteiger partial charge in [-0.3, -0.25) is 4.98 Å². The van der Waals surface area contributed by atoms with Crippen molar-refractivity contribution in [2.75, 3.05) is 13.2 Å². The van der Waals surface area contributed by atoms with Gasteiger partial charge in [0.1, 0.15) is 11.2 Å².